The number of fused-ring (bicyclic) bond motifs is 1. The third-order valence-corrected chi connectivity index (χ3v) is 2.58. The summed E-state index contributed by atoms with van der Waals surface area (Å²) >= 11 is 0. The second kappa shape index (κ2) is 5.03. The van der Waals surface area contributed by atoms with Crippen LogP contribution in [0.3, 0.4) is 0 Å². The van der Waals surface area contributed by atoms with E-state index in [4.69, 9.17) is 10.2 Å². The van der Waals surface area contributed by atoms with E-state index in [0.717, 1.165) is 11.2 Å². The van der Waals surface area contributed by atoms with Crippen LogP contribution in [-0.2, 0) is 0 Å². The number of aliphatic hydroxyl groups is 2. The van der Waals surface area contributed by atoms with Gasteiger partial charge in [-0.3, -0.25) is 0 Å². The van der Waals surface area contributed by atoms with Gasteiger partial charge in [-0.2, -0.15) is 0 Å². The fraction of sp³-hybridized carbons (Fsp3) is 0.364. The van der Waals surface area contributed by atoms with Gasteiger partial charge in [0.1, 0.15) is 0 Å². The summed E-state index contributed by atoms with van der Waals surface area (Å²) in [5, 5.41) is 21.0. The van der Waals surface area contributed by atoms with Crippen LogP contribution in [0, 0.1) is 0 Å². The van der Waals surface area contributed by atoms with E-state index in [0.29, 0.717) is 11.9 Å². The second-order valence-electron chi connectivity index (χ2n) is 3.88. The van der Waals surface area contributed by atoms with E-state index in [2.05, 4.69) is 15.3 Å². The molecule has 2 aromatic rings. The first-order valence-corrected chi connectivity index (χ1v) is 5.43. The minimum absolute atomic E-state index is 0.0153. The lowest BCUT2D eigenvalue weighted by Gasteiger charge is -2.16. The molecule has 1 aromatic carbocycles. The Kier molecular flexibility index (Phi) is 3.46. The molecule has 0 aliphatic rings. The number of rotatable bonds is 5. The van der Waals surface area contributed by atoms with Gasteiger partial charge in [-0.15, -0.1) is 0 Å². The molecule has 0 bridgehead atoms. The van der Waals surface area contributed by atoms with Gasteiger partial charge in [0.15, 0.2) is 0 Å². The molecule has 0 aliphatic carbocycles. The van der Waals surface area contributed by atoms with Crippen molar-refractivity contribution in [3.05, 3.63) is 28.7 Å². The van der Waals surface area contributed by atoms with Gasteiger partial charge in [0.25, 0.3) is 0 Å². The average Bonchev–Trinajstić information content (AvgIpc) is 2.68. The molecule has 0 fully saturated rings. The molecule has 1 aromatic heterocycles. The van der Waals surface area contributed by atoms with Crippen molar-refractivity contribution in [3.8, 4) is 0 Å². The number of anilines is 1. The lowest BCUT2D eigenvalue weighted by molar-refractivity contribution is 0.229. The number of hydrogen-bond donors (Lipinski definition) is 5. The fourth-order valence-electron chi connectivity index (χ4n) is 1.72. The smallest absolute Gasteiger partial charge is 0.323 e. The first-order chi connectivity index (χ1) is 8.22. The van der Waals surface area contributed by atoms with Gasteiger partial charge in [-0.25, -0.2) is 4.79 Å². The Hall–Kier alpha value is -1.79. The first-order valence-electron chi connectivity index (χ1n) is 5.43. The molecule has 6 nitrogen and oxygen atoms in total. The van der Waals surface area contributed by atoms with Crippen LogP contribution >= 0.6 is 0 Å². The van der Waals surface area contributed by atoms with E-state index in [1.165, 1.54) is 0 Å². The molecule has 0 aliphatic heterocycles. The van der Waals surface area contributed by atoms with Crippen molar-refractivity contribution in [1.29, 1.82) is 0 Å². The SMILES string of the molecule is O=c1[nH]c2ccc(NC(CO)CCO)cc2[nH]1. The molecule has 6 heteroatoms. The molecule has 0 radical (unpaired) electrons. The number of imidazole rings is 1. The van der Waals surface area contributed by atoms with Crippen molar-refractivity contribution in [2.75, 3.05) is 18.5 Å². The molecule has 0 spiro atoms. The van der Waals surface area contributed by atoms with Crippen molar-refractivity contribution in [2.45, 2.75) is 12.5 Å². The molecular weight excluding hydrogens is 222 g/mol. The summed E-state index contributed by atoms with van der Waals surface area (Å²) in [7, 11) is 0. The fourth-order valence-corrected chi connectivity index (χ4v) is 1.72. The molecule has 0 saturated heterocycles. The van der Waals surface area contributed by atoms with Crippen molar-refractivity contribution in [2.24, 2.45) is 0 Å². The molecule has 92 valence electrons. The van der Waals surface area contributed by atoms with Gasteiger partial charge in [0.2, 0.25) is 0 Å². The lowest BCUT2D eigenvalue weighted by Crippen LogP contribution is -2.24. The topological polar surface area (TPSA) is 101 Å². The number of aromatic amines is 2. The van der Waals surface area contributed by atoms with E-state index in [-0.39, 0.29) is 24.9 Å². The van der Waals surface area contributed by atoms with Gasteiger partial charge in [0, 0.05) is 12.3 Å². The summed E-state index contributed by atoms with van der Waals surface area (Å²) in [6, 6.07) is 5.19. The predicted molar refractivity (Wildman–Crippen MR) is 65.1 cm³/mol. The van der Waals surface area contributed by atoms with E-state index >= 15 is 0 Å². The number of benzene rings is 1. The first kappa shape index (κ1) is 11.7. The van der Waals surface area contributed by atoms with E-state index < -0.39 is 0 Å². The Morgan fingerprint density at radius 2 is 2.00 bits per heavy atom. The normalized spacial score (nSPS) is 12.8. The average molecular weight is 237 g/mol. The van der Waals surface area contributed by atoms with Gasteiger partial charge in [-0.05, 0) is 24.6 Å². The largest absolute Gasteiger partial charge is 0.396 e. The van der Waals surface area contributed by atoms with E-state index in [1.807, 2.05) is 6.07 Å². The third-order valence-electron chi connectivity index (χ3n) is 2.58. The van der Waals surface area contributed by atoms with Crippen LogP contribution in [-0.4, -0.2) is 39.4 Å². The Morgan fingerprint density at radius 1 is 1.24 bits per heavy atom. The van der Waals surface area contributed by atoms with E-state index in [9.17, 15) is 4.79 Å². The summed E-state index contributed by atoms with van der Waals surface area (Å²) in [6.45, 7) is -0.0380. The van der Waals surface area contributed by atoms with Crippen LogP contribution in [0.25, 0.3) is 11.0 Å². The van der Waals surface area contributed by atoms with Crippen LogP contribution in [0.5, 0.6) is 0 Å². The van der Waals surface area contributed by atoms with Gasteiger partial charge in [0.05, 0.1) is 23.7 Å². The number of hydrogen-bond acceptors (Lipinski definition) is 4. The Balaban J connectivity index is 2.20. The molecule has 17 heavy (non-hydrogen) atoms. The van der Waals surface area contributed by atoms with Gasteiger partial charge >= 0.3 is 5.69 Å². The minimum Gasteiger partial charge on any atom is -0.396 e. The second-order valence-corrected chi connectivity index (χ2v) is 3.88. The van der Waals surface area contributed by atoms with Gasteiger partial charge in [-0.1, -0.05) is 0 Å². The molecular formula is C11H15N3O3. The zero-order valence-corrected chi connectivity index (χ0v) is 9.23. The molecule has 0 saturated carbocycles. The standard InChI is InChI=1S/C11H15N3O3/c15-4-3-8(6-16)12-7-1-2-9-10(5-7)14-11(17)13-9/h1-2,5,8,12,15-16H,3-4,6H2,(H2,13,14,17). The monoisotopic (exact) mass is 237 g/mol. The highest BCUT2D eigenvalue weighted by molar-refractivity contribution is 5.78. The zero-order chi connectivity index (χ0) is 12.3. The van der Waals surface area contributed by atoms with Crippen LogP contribution in [0.1, 0.15) is 6.42 Å². The maximum atomic E-state index is 11.1. The molecule has 1 heterocycles. The summed E-state index contributed by atoms with van der Waals surface area (Å²) in [4.78, 5) is 16.4. The third kappa shape index (κ3) is 2.66. The van der Waals surface area contributed by atoms with Crippen molar-refractivity contribution in [3.63, 3.8) is 0 Å². The zero-order valence-electron chi connectivity index (χ0n) is 9.23. The number of H-pyrrole nitrogens is 2. The number of nitrogens with one attached hydrogen (secondary N) is 3. The summed E-state index contributed by atoms with van der Waals surface area (Å²) in [5.41, 5.74) is 2.00. The highest BCUT2D eigenvalue weighted by Crippen LogP contribution is 2.15. The quantitative estimate of drug-likeness (QED) is 0.505. The molecule has 1 unspecified atom stereocenters. The number of aromatic nitrogens is 2. The Morgan fingerprint density at radius 3 is 2.71 bits per heavy atom. The molecule has 2 rings (SSSR count). The Labute approximate surface area is 97.3 Å². The van der Waals surface area contributed by atoms with Crippen LogP contribution in [0.2, 0.25) is 0 Å². The van der Waals surface area contributed by atoms with Crippen LogP contribution in [0.4, 0.5) is 5.69 Å². The maximum absolute atomic E-state index is 11.1. The molecule has 1 atom stereocenters. The minimum atomic E-state index is -0.244. The summed E-state index contributed by atoms with van der Waals surface area (Å²) < 4.78 is 0. The number of aliphatic hydroxyl groups excluding tert-OH is 2. The summed E-state index contributed by atoms with van der Waals surface area (Å²) in [5.74, 6) is 0. The Bertz CT molecular complexity index is 546. The molecule has 5 N–H and O–H groups in total. The van der Waals surface area contributed by atoms with Crippen molar-refractivity contribution in [1.82, 2.24) is 9.97 Å². The van der Waals surface area contributed by atoms with Crippen LogP contribution in [0.15, 0.2) is 23.0 Å². The van der Waals surface area contributed by atoms with Gasteiger partial charge < -0.3 is 25.5 Å². The molecule has 0 amide bonds. The van der Waals surface area contributed by atoms with Crippen LogP contribution < -0.4 is 11.0 Å². The lowest BCUT2D eigenvalue weighted by atomic mass is 10.2. The summed E-state index contributed by atoms with van der Waals surface area (Å²) in [6.07, 6.45) is 0.470. The highest BCUT2D eigenvalue weighted by atomic mass is 16.3. The van der Waals surface area contributed by atoms with E-state index in [1.54, 1.807) is 12.1 Å². The van der Waals surface area contributed by atoms with Crippen molar-refractivity contribution >= 4 is 16.7 Å². The maximum Gasteiger partial charge on any atom is 0.323 e. The predicted octanol–water partition coefficient (Wildman–Crippen LogP) is 0.0114. The van der Waals surface area contributed by atoms with Crippen molar-refractivity contribution < 1.29 is 10.2 Å². The highest BCUT2D eigenvalue weighted by Gasteiger charge is 2.07.